The molecule has 0 radical (unpaired) electrons. The number of amides is 1. The van der Waals surface area contributed by atoms with Crippen LogP contribution in [0.3, 0.4) is 0 Å². The van der Waals surface area contributed by atoms with E-state index in [1.54, 1.807) is 0 Å². The molecule has 1 amide bonds. The first-order valence-corrected chi connectivity index (χ1v) is 6.20. The molecule has 0 aliphatic carbocycles. The summed E-state index contributed by atoms with van der Waals surface area (Å²) in [7, 11) is 0. The predicted octanol–water partition coefficient (Wildman–Crippen LogP) is 0.746. The first kappa shape index (κ1) is 13.5. The summed E-state index contributed by atoms with van der Waals surface area (Å²) in [6.45, 7) is 6.61. The number of hydrogen-bond acceptors (Lipinski definition) is 3. The summed E-state index contributed by atoms with van der Waals surface area (Å²) >= 11 is 0. The fraction of sp³-hybridized carbons (Fsp3) is 0.917. The van der Waals surface area contributed by atoms with Crippen molar-refractivity contribution in [2.45, 2.75) is 58.2 Å². The van der Waals surface area contributed by atoms with Gasteiger partial charge in [0, 0.05) is 18.1 Å². The lowest BCUT2D eigenvalue weighted by Gasteiger charge is -2.39. The third-order valence-corrected chi connectivity index (χ3v) is 3.18. The van der Waals surface area contributed by atoms with Gasteiger partial charge in [0.1, 0.15) is 0 Å². The lowest BCUT2D eigenvalue weighted by Crippen LogP contribution is -2.51. The van der Waals surface area contributed by atoms with Crippen molar-refractivity contribution in [2.75, 3.05) is 13.2 Å². The molecule has 1 fully saturated rings. The molecule has 0 bridgehead atoms. The average molecular weight is 228 g/mol. The zero-order valence-electron chi connectivity index (χ0n) is 10.6. The molecule has 16 heavy (non-hydrogen) atoms. The Hall–Kier alpha value is -0.610. The summed E-state index contributed by atoms with van der Waals surface area (Å²) in [4.78, 5) is 13.8. The van der Waals surface area contributed by atoms with Crippen molar-refractivity contribution in [1.29, 1.82) is 0 Å². The van der Waals surface area contributed by atoms with Gasteiger partial charge in [-0.3, -0.25) is 9.69 Å². The van der Waals surface area contributed by atoms with Crippen molar-refractivity contribution in [3.8, 4) is 0 Å². The highest BCUT2D eigenvalue weighted by Gasteiger charge is 2.28. The Morgan fingerprint density at radius 1 is 1.50 bits per heavy atom. The topological polar surface area (TPSA) is 52.6 Å². The summed E-state index contributed by atoms with van der Waals surface area (Å²) in [5, 5.41) is 12.2. The minimum atomic E-state index is 0.0576. The second kappa shape index (κ2) is 6.21. The average Bonchev–Trinajstić information content (AvgIpc) is 2.20. The van der Waals surface area contributed by atoms with Gasteiger partial charge in [0.2, 0.25) is 5.91 Å². The monoisotopic (exact) mass is 228 g/mol. The van der Waals surface area contributed by atoms with Crippen molar-refractivity contribution < 1.29 is 9.90 Å². The summed E-state index contributed by atoms with van der Waals surface area (Å²) in [6, 6.07) is 0.727. The van der Waals surface area contributed by atoms with E-state index in [9.17, 15) is 9.90 Å². The SMILES string of the molecule is CC(C)NC(=O)CN1C(C)CCCC1CO. The van der Waals surface area contributed by atoms with E-state index in [1.165, 1.54) is 0 Å². The second-order valence-corrected chi connectivity index (χ2v) is 5.01. The van der Waals surface area contributed by atoms with Crippen LogP contribution in [0.15, 0.2) is 0 Å². The molecule has 2 N–H and O–H groups in total. The van der Waals surface area contributed by atoms with Gasteiger partial charge < -0.3 is 10.4 Å². The van der Waals surface area contributed by atoms with Gasteiger partial charge in [-0.15, -0.1) is 0 Å². The first-order valence-electron chi connectivity index (χ1n) is 6.20. The fourth-order valence-electron chi connectivity index (χ4n) is 2.35. The van der Waals surface area contributed by atoms with Crippen LogP contribution in [0.2, 0.25) is 0 Å². The number of nitrogens with one attached hydrogen (secondary N) is 1. The molecule has 4 nitrogen and oxygen atoms in total. The van der Waals surface area contributed by atoms with Gasteiger partial charge in [0.05, 0.1) is 13.2 Å². The first-order chi connectivity index (χ1) is 7.54. The van der Waals surface area contributed by atoms with E-state index in [0.717, 1.165) is 19.3 Å². The van der Waals surface area contributed by atoms with E-state index in [1.807, 2.05) is 13.8 Å². The van der Waals surface area contributed by atoms with Crippen LogP contribution < -0.4 is 5.32 Å². The zero-order valence-corrected chi connectivity index (χ0v) is 10.6. The van der Waals surface area contributed by atoms with E-state index in [-0.39, 0.29) is 24.6 Å². The number of likely N-dealkylation sites (tertiary alicyclic amines) is 1. The van der Waals surface area contributed by atoms with Crippen molar-refractivity contribution >= 4 is 5.91 Å². The summed E-state index contributed by atoms with van der Waals surface area (Å²) in [5.41, 5.74) is 0. The quantitative estimate of drug-likeness (QED) is 0.746. The lowest BCUT2D eigenvalue weighted by molar-refractivity contribution is -0.124. The van der Waals surface area contributed by atoms with Crippen LogP contribution in [0, 0.1) is 0 Å². The van der Waals surface area contributed by atoms with Crippen LogP contribution >= 0.6 is 0 Å². The molecule has 4 heteroatoms. The van der Waals surface area contributed by atoms with E-state index in [2.05, 4.69) is 17.1 Å². The standard InChI is InChI=1S/C12H24N2O2/c1-9(2)13-12(16)7-14-10(3)5-4-6-11(14)8-15/h9-11,15H,4-8H2,1-3H3,(H,13,16). The number of piperidine rings is 1. The predicted molar refractivity (Wildman–Crippen MR) is 64.2 cm³/mol. The Morgan fingerprint density at radius 3 is 2.75 bits per heavy atom. The van der Waals surface area contributed by atoms with Gasteiger partial charge in [0.25, 0.3) is 0 Å². The highest BCUT2D eigenvalue weighted by molar-refractivity contribution is 5.78. The summed E-state index contributed by atoms with van der Waals surface area (Å²) in [5.74, 6) is 0.0576. The molecular formula is C12H24N2O2. The molecule has 1 rings (SSSR count). The molecule has 0 aromatic rings. The fourth-order valence-corrected chi connectivity index (χ4v) is 2.35. The summed E-state index contributed by atoms with van der Waals surface area (Å²) < 4.78 is 0. The van der Waals surface area contributed by atoms with E-state index < -0.39 is 0 Å². The van der Waals surface area contributed by atoms with Gasteiger partial charge in [-0.05, 0) is 33.6 Å². The van der Waals surface area contributed by atoms with E-state index in [4.69, 9.17) is 0 Å². The van der Waals surface area contributed by atoms with Gasteiger partial charge in [-0.25, -0.2) is 0 Å². The molecule has 0 spiro atoms. The Morgan fingerprint density at radius 2 is 2.19 bits per heavy atom. The molecule has 1 heterocycles. The van der Waals surface area contributed by atoms with Crippen LogP contribution in [0.5, 0.6) is 0 Å². The maximum Gasteiger partial charge on any atom is 0.234 e. The zero-order chi connectivity index (χ0) is 12.1. The third kappa shape index (κ3) is 3.76. The van der Waals surface area contributed by atoms with Crippen molar-refractivity contribution in [3.05, 3.63) is 0 Å². The van der Waals surface area contributed by atoms with Gasteiger partial charge in [0.15, 0.2) is 0 Å². The number of aliphatic hydroxyl groups is 1. The number of carbonyl (C=O) groups is 1. The van der Waals surface area contributed by atoms with Crippen molar-refractivity contribution in [2.24, 2.45) is 0 Å². The minimum Gasteiger partial charge on any atom is -0.395 e. The maximum absolute atomic E-state index is 11.7. The van der Waals surface area contributed by atoms with Crippen LogP contribution in [0.25, 0.3) is 0 Å². The molecule has 2 unspecified atom stereocenters. The smallest absolute Gasteiger partial charge is 0.234 e. The minimum absolute atomic E-state index is 0.0576. The van der Waals surface area contributed by atoms with Crippen molar-refractivity contribution in [1.82, 2.24) is 10.2 Å². The Kier molecular flexibility index (Phi) is 5.22. The Balaban J connectivity index is 2.50. The highest BCUT2D eigenvalue weighted by atomic mass is 16.3. The third-order valence-electron chi connectivity index (χ3n) is 3.18. The molecular weight excluding hydrogens is 204 g/mol. The molecule has 0 aromatic carbocycles. The largest absolute Gasteiger partial charge is 0.395 e. The number of rotatable bonds is 4. The molecule has 2 atom stereocenters. The van der Waals surface area contributed by atoms with E-state index >= 15 is 0 Å². The van der Waals surface area contributed by atoms with Crippen LogP contribution in [-0.4, -0.2) is 47.2 Å². The van der Waals surface area contributed by atoms with Gasteiger partial charge >= 0.3 is 0 Å². The maximum atomic E-state index is 11.7. The number of aliphatic hydroxyl groups excluding tert-OH is 1. The van der Waals surface area contributed by atoms with Crippen molar-refractivity contribution in [3.63, 3.8) is 0 Å². The molecule has 94 valence electrons. The normalized spacial score (nSPS) is 27.1. The Bertz CT molecular complexity index is 231. The molecule has 1 aliphatic rings. The molecule has 1 saturated heterocycles. The number of nitrogens with zero attached hydrogens (tertiary/aromatic N) is 1. The molecule has 0 aromatic heterocycles. The van der Waals surface area contributed by atoms with Gasteiger partial charge in [-0.2, -0.15) is 0 Å². The van der Waals surface area contributed by atoms with Crippen LogP contribution in [-0.2, 0) is 4.79 Å². The summed E-state index contributed by atoms with van der Waals surface area (Å²) in [6.07, 6.45) is 3.26. The highest BCUT2D eigenvalue weighted by Crippen LogP contribution is 2.21. The van der Waals surface area contributed by atoms with E-state index in [0.29, 0.717) is 12.6 Å². The number of hydrogen-bond donors (Lipinski definition) is 2. The second-order valence-electron chi connectivity index (χ2n) is 5.01. The lowest BCUT2D eigenvalue weighted by atomic mass is 9.97. The molecule has 0 saturated carbocycles. The number of carbonyl (C=O) groups excluding carboxylic acids is 1. The van der Waals surface area contributed by atoms with Crippen LogP contribution in [0.4, 0.5) is 0 Å². The molecule has 1 aliphatic heterocycles. The van der Waals surface area contributed by atoms with Gasteiger partial charge in [-0.1, -0.05) is 6.42 Å². The Labute approximate surface area is 98.0 Å². The van der Waals surface area contributed by atoms with Crippen LogP contribution in [0.1, 0.15) is 40.0 Å².